The van der Waals surface area contributed by atoms with Gasteiger partial charge in [0.05, 0.1) is 24.1 Å². The Morgan fingerprint density at radius 1 is 1.32 bits per heavy atom. The molecule has 0 unspecified atom stereocenters. The third-order valence-electron chi connectivity index (χ3n) is 4.81. The van der Waals surface area contributed by atoms with Crippen molar-refractivity contribution in [2.24, 2.45) is 7.05 Å². The number of aryl methyl sites for hydroxylation is 1. The minimum absolute atomic E-state index is 0.243. The zero-order valence-electron chi connectivity index (χ0n) is 15.6. The van der Waals surface area contributed by atoms with Crippen molar-refractivity contribution in [2.75, 3.05) is 43.4 Å². The maximum atomic E-state index is 12.2. The van der Waals surface area contributed by atoms with E-state index in [9.17, 15) is 4.79 Å². The second kappa shape index (κ2) is 6.40. The minimum Gasteiger partial charge on any atom is -0.444 e. The van der Waals surface area contributed by atoms with Gasteiger partial charge in [-0.1, -0.05) is 0 Å². The zero-order valence-corrected chi connectivity index (χ0v) is 15.6. The lowest BCUT2D eigenvalue weighted by atomic mass is 9.89. The number of carbonyl (C=O) groups excluding carboxylic acids is 1. The molecule has 0 bridgehead atoms. The molecule has 3 rings (SSSR count). The van der Waals surface area contributed by atoms with Gasteiger partial charge in [-0.3, -0.25) is 4.68 Å². The fourth-order valence-electron chi connectivity index (χ4n) is 3.59. The Bertz CT molecular complexity index is 609. The Balaban J connectivity index is 1.64. The lowest BCUT2D eigenvalue weighted by Gasteiger charge is -2.47. The molecular weight excluding hydrogens is 322 g/mol. The molecule has 8 heteroatoms. The van der Waals surface area contributed by atoms with Gasteiger partial charge in [0.1, 0.15) is 11.4 Å². The molecule has 2 aliphatic heterocycles. The molecule has 3 heterocycles. The summed E-state index contributed by atoms with van der Waals surface area (Å²) in [6.45, 7) is 9.15. The van der Waals surface area contributed by atoms with Crippen LogP contribution in [0.25, 0.3) is 0 Å². The molecule has 1 amide bonds. The van der Waals surface area contributed by atoms with E-state index in [1.807, 2.05) is 32.5 Å². The number of hydrogen-bond acceptors (Lipinski definition) is 6. The Kier molecular flexibility index (Phi) is 4.57. The number of ether oxygens (including phenoxy) is 2. The summed E-state index contributed by atoms with van der Waals surface area (Å²) in [5.74, 6) is 0.942. The van der Waals surface area contributed by atoms with Crippen LogP contribution in [0.2, 0.25) is 0 Å². The van der Waals surface area contributed by atoms with Crippen LogP contribution in [-0.2, 0) is 16.5 Å². The predicted octanol–water partition coefficient (Wildman–Crippen LogP) is 1.61. The second-order valence-electron chi connectivity index (χ2n) is 7.97. The molecule has 0 radical (unpaired) electrons. The van der Waals surface area contributed by atoms with E-state index >= 15 is 0 Å². The molecule has 8 nitrogen and oxygen atoms in total. The van der Waals surface area contributed by atoms with E-state index in [1.54, 1.807) is 11.1 Å². The predicted molar refractivity (Wildman–Crippen MR) is 95.6 cm³/mol. The highest BCUT2D eigenvalue weighted by Crippen LogP contribution is 2.34. The maximum Gasteiger partial charge on any atom is 0.410 e. The third-order valence-corrected chi connectivity index (χ3v) is 4.81. The van der Waals surface area contributed by atoms with Crippen LogP contribution in [0.1, 0.15) is 33.6 Å². The lowest BCUT2D eigenvalue weighted by molar-refractivity contribution is -0.0914. The fraction of sp³-hybridized carbons (Fsp3) is 0.765. The van der Waals surface area contributed by atoms with Crippen LogP contribution in [0.15, 0.2) is 6.20 Å². The van der Waals surface area contributed by atoms with Gasteiger partial charge in [0, 0.05) is 33.2 Å². The molecule has 2 saturated heterocycles. The van der Waals surface area contributed by atoms with E-state index in [1.165, 1.54) is 0 Å². The number of nitrogens with zero attached hydrogens (tertiary/aromatic N) is 4. The first-order valence-corrected chi connectivity index (χ1v) is 8.83. The van der Waals surface area contributed by atoms with Gasteiger partial charge in [0.25, 0.3) is 0 Å². The van der Waals surface area contributed by atoms with Gasteiger partial charge in [-0.2, -0.15) is 5.10 Å². The van der Waals surface area contributed by atoms with E-state index in [0.717, 1.165) is 31.7 Å². The van der Waals surface area contributed by atoms with Crippen molar-refractivity contribution in [3.63, 3.8) is 0 Å². The van der Waals surface area contributed by atoms with Gasteiger partial charge in [-0.25, -0.2) is 4.79 Å². The minimum atomic E-state index is -0.471. The number of anilines is 2. The molecule has 2 fully saturated rings. The number of hydrogen-bond donors (Lipinski definition) is 1. The van der Waals surface area contributed by atoms with Crippen LogP contribution in [-0.4, -0.2) is 64.8 Å². The maximum absolute atomic E-state index is 12.2. The van der Waals surface area contributed by atoms with Gasteiger partial charge >= 0.3 is 6.09 Å². The van der Waals surface area contributed by atoms with Crippen LogP contribution in [0.4, 0.5) is 16.3 Å². The number of nitrogen functional groups attached to an aromatic ring is 1. The summed E-state index contributed by atoms with van der Waals surface area (Å²) in [6.07, 6.45) is 3.02. The van der Waals surface area contributed by atoms with E-state index in [2.05, 4.69) is 10.00 Å². The number of carbonyl (C=O) groups is 1. The van der Waals surface area contributed by atoms with Crippen molar-refractivity contribution in [2.45, 2.75) is 44.8 Å². The highest BCUT2D eigenvalue weighted by Gasteiger charge is 2.42. The smallest absolute Gasteiger partial charge is 0.410 e. The van der Waals surface area contributed by atoms with Crippen LogP contribution >= 0.6 is 0 Å². The molecule has 0 atom stereocenters. The molecule has 0 aliphatic carbocycles. The number of likely N-dealkylation sites (tertiary alicyclic amines) is 1. The first-order valence-electron chi connectivity index (χ1n) is 8.83. The number of nitrogens with two attached hydrogens (primary N) is 1. The van der Waals surface area contributed by atoms with Crippen LogP contribution in [0.3, 0.4) is 0 Å². The number of piperidine rings is 1. The summed E-state index contributed by atoms with van der Waals surface area (Å²) >= 11 is 0. The summed E-state index contributed by atoms with van der Waals surface area (Å²) in [7, 11) is 1.90. The number of aromatic nitrogens is 2. The van der Waals surface area contributed by atoms with Gasteiger partial charge in [0.15, 0.2) is 0 Å². The monoisotopic (exact) mass is 351 g/mol. The number of amides is 1. The highest BCUT2D eigenvalue weighted by molar-refractivity contribution is 5.68. The zero-order chi connectivity index (χ0) is 18.2. The van der Waals surface area contributed by atoms with Gasteiger partial charge in [-0.05, 0) is 33.6 Å². The molecule has 2 N–H and O–H groups in total. The highest BCUT2D eigenvalue weighted by atomic mass is 16.6. The first-order chi connectivity index (χ1) is 11.7. The van der Waals surface area contributed by atoms with E-state index in [-0.39, 0.29) is 11.7 Å². The molecule has 0 saturated carbocycles. The Morgan fingerprint density at radius 3 is 2.56 bits per heavy atom. The molecule has 140 valence electrons. The summed E-state index contributed by atoms with van der Waals surface area (Å²) in [5, 5.41) is 4.23. The number of morpholine rings is 1. The SMILES string of the molecule is Cn1ncc(N)c1N1CCOC2(CCN(C(=O)OC(C)(C)C)CC2)C1. The van der Waals surface area contributed by atoms with Crippen molar-refractivity contribution in [1.29, 1.82) is 0 Å². The van der Waals surface area contributed by atoms with E-state index in [4.69, 9.17) is 15.2 Å². The molecule has 1 spiro atoms. The molecule has 1 aromatic rings. The molecule has 1 aromatic heterocycles. The van der Waals surface area contributed by atoms with E-state index in [0.29, 0.717) is 25.4 Å². The molecule has 25 heavy (non-hydrogen) atoms. The van der Waals surface area contributed by atoms with Crippen molar-refractivity contribution in [1.82, 2.24) is 14.7 Å². The first kappa shape index (κ1) is 17.8. The molecular formula is C17H29N5O3. The summed E-state index contributed by atoms with van der Waals surface area (Å²) in [6, 6.07) is 0. The lowest BCUT2D eigenvalue weighted by Crippen LogP contribution is -2.58. The fourth-order valence-corrected chi connectivity index (χ4v) is 3.59. The van der Waals surface area contributed by atoms with Crippen molar-refractivity contribution >= 4 is 17.6 Å². The van der Waals surface area contributed by atoms with Gasteiger partial charge in [0.2, 0.25) is 0 Å². The standard InChI is InChI=1S/C17H29N5O3/c1-16(2,3)25-15(23)21-7-5-17(6-8-21)12-22(9-10-24-17)14-13(18)11-19-20(14)4/h11H,5-10,12,18H2,1-4H3. The third kappa shape index (κ3) is 3.84. The summed E-state index contributed by atoms with van der Waals surface area (Å²) in [5.41, 5.74) is 6.05. The Morgan fingerprint density at radius 2 is 2.00 bits per heavy atom. The summed E-state index contributed by atoms with van der Waals surface area (Å²) < 4.78 is 13.4. The van der Waals surface area contributed by atoms with E-state index < -0.39 is 5.60 Å². The van der Waals surface area contributed by atoms with Crippen LogP contribution in [0.5, 0.6) is 0 Å². The van der Waals surface area contributed by atoms with Crippen molar-refractivity contribution in [3.05, 3.63) is 6.20 Å². The quantitative estimate of drug-likeness (QED) is 0.827. The van der Waals surface area contributed by atoms with Crippen molar-refractivity contribution in [3.8, 4) is 0 Å². The Hall–Kier alpha value is -1.96. The van der Waals surface area contributed by atoms with Gasteiger partial charge < -0.3 is 25.0 Å². The van der Waals surface area contributed by atoms with Crippen molar-refractivity contribution < 1.29 is 14.3 Å². The topological polar surface area (TPSA) is 85.9 Å². The molecule has 2 aliphatic rings. The normalized spacial score (nSPS) is 20.8. The summed E-state index contributed by atoms with van der Waals surface area (Å²) in [4.78, 5) is 16.3. The second-order valence-corrected chi connectivity index (χ2v) is 7.97. The Labute approximate surface area is 148 Å². The van der Waals surface area contributed by atoms with Crippen LogP contribution < -0.4 is 10.6 Å². The average Bonchev–Trinajstić information content (AvgIpc) is 2.85. The molecule has 0 aromatic carbocycles. The largest absolute Gasteiger partial charge is 0.444 e. The van der Waals surface area contributed by atoms with Gasteiger partial charge in [-0.15, -0.1) is 0 Å². The van der Waals surface area contributed by atoms with Crippen LogP contribution in [0, 0.1) is 0 Å². The number of rotatable bonds is 1. The average molecular weight is 351 g/mol.